The number of allylic oxidation sites excluding steroid dienone is 4. The summed E-state index contributed by atoms with van der Waals surface area (Å²) in [6, 6.07) is 12.3. The van der Waals surface area contributed by atoms with Crippen LogP contribution in [0.15, 0.2) is 73.9 Å². The van der Waals surface area contributed by atoms with Crippen molar-refractivity contribution >= 4 is 25.2 Å². The van der Waals surface area contributed by atoms with Crippen molar-refractivity contribution in [3.05, 3.63) is 107 Å². The van der Waals surface area contributed by atoms with E-state index in [1.54, 1.807) is 0 Å². The minimum absolute atomic E-state index is 0.277. The summed E-state index contributed by atoms with van der Waals surface area (Å²) in [6.45, 7) is 14.8. The molecule has 4 fully saturated rings. The van der Waals surface area contributed by atoms with Crippen molar-refractivity contribution in [1.29, 1.82) is 0 Å². The lowest BCUT2D eigenvalue weighted by atomic mass is 9.74. The highest BCUT2D eigenvalue weighted by atomic mass is 16.7. The lowest BCUT2D eigenvalue weighted by Crippen LogP contribution is -2.36. The molecule has 0 spiro atoms. The Hall–Kier alpha value is -4.03. The predicted octanol–water partition coefficient (Wildman–Crippen LogP) is 15.3. The van der Waals surface area contributed by atoms with Crippen LogP contribution in [0.1, 0.15) is 238 Å². The van der Waals surface area contributed by atoms with Crippen molar-refractivity contribution in [3.8, 4) is 23.0 Å². The molecule has 0 amide bonds. The molecule has 0 aliphatic carbocycles. The topological polar surface area (TPSA) is 92.3 Å². The summed E-state index contributed by atoms with van der Waals surface area (Å²) in [5.74, 6) is 3.12. The van der Waals surface area contributed by atoms with Gasteiger partial charge in [-0.2, -0.15) is 0 Å². The molecule has 0 radical (unpaired) electrons. The molecule has 12 heteroatoms. The van der Waals surface area contributed by atoms with Gasteiger partial charge in [0.1, 0.15) is 71.8 Å². The van der Waals surface area contributed by atoms with Crippen LogP contribution in [0.4, 0.5) is 0 Å². The Bertz CT molecular complexity index is 2220. The van der Waals surface area contributed by atoms with Gasteiger partial charge in [0.25, 0.3) is 0 Å². The monoisotopic (exact) mass is 1070 g/mol. The molecule has 8 aliphatic rings. The number of rotatable bonds is 20. The fourth-order valence-corrected chi connectivity index (χ4v) is 13.6. The summed E-state index contributed by atoms with van der Waals surface area (Å²) in [5.41, 5.74) is 8.96. The molecule has 8 heterocycles. The first kappa shape index (κ1) is 57.2. The summed E-state index contributed by atoms with van der Waals surface area (Å²) in [6.07, 6.45) is 39.7. The highest BCUT2D eigenvalue weighted by molar-refractivity contribution is 6.64. The first-order valence-corrected chi connectivity index (χ1v) is 31.3. The SMILES string of the molecule is C=CCCCCCCCCOc1cccc2c1B1O[C@@H]3[C@H](O1)[C@@H]1O[C@H]3c3c(C)c4c(c(C)c31)[C@H]1O[C@@H]4[C@@H]3OB(O[C@@H]31)c1c(OCCCCCCCCC=C)cccc1OCCCCCCCCC=CCCCCCCCCO2. The van der Waals surface area contributed by atoms with E-state index in [0.29, 0.717) is 26.4 Å². The standard InChI is InChI=1S/C66H92B2O10/c1-5-7-9-11-13-25-29-33-43-69-49-39-37-41-51-57(49)67-75-63-59-53-47(3)55-56(48(4)54(53)60(73-59)64(63)76-67)62-66-65(61(55)74-62)77-68(78-66)58-50(70-44-34-30-26-14-12-10-8-6-2)40-38-42-52(58)72-46-36-32-28-24-22-20-18-16-15-17-19-21-23-27-31-35-45-71-51/h5-6,15-16,37-42,59-66H,1-2,7-14,17-36,43-46H2,3-4H3/t59-,60+,61-,62+,63-,64+,65-,66+. The van der Waals surface area contributed by atoms with Crippen molar-refractivity contribution in [2.24, 2.45) is 0 Å². The summed E-state index contributed by atoms with van der Waals surface area (Å²) in [5, 5.41) is 0. The molecule has 11 rings (SSSR count). The largest absolute Gasteiger partial charge is 0.502 e. The van der Waals surface area contributed by atoms with E-state index in [1.807, 2.05) is 24.3 Å². The van der Waals surface area contributed by atoms with Crippen LogP contribution >= 0.6 is 0 Å². The van der Waals surface area contributed by atoms with Crippen LogP contribution in [0.2, 0.25) is 0 Å². The van der Waals surface area contributed by atoms with E-state index in [2.05, 4.69) is 63.4 Å². The first-order chi connectivity index (χ1) is 38.6. The van der Waals surface area contributed by atoms with Gasteiger partial charge < -0.3 is 47.0 Å². The lowest BCUT2D eigenvalue weighted by Gasteiger charge is -2.31. The van der Waals surface area contributed by atoms with Crippen molar-refractivity contribution in [2.75, 3.05) is 26.4 Å². The molecule has 8 atom stereocenters. The molecule has 0 N–H and O–H groups in total. The maximum absolute atomic E-state index is 7.07. The number of hydrogen-bond donors (Lipinski definition) is 0. The van der Waals surface area contributed by atoms with Gasteiger partial charge >= 0.3 is 14.2 Å². The zero-order valence-electron chi connectivity index (χ0n) is 47.7. The maximum atomic E-state index is 7.07. The van der Waals surface area contributed by atoms with Crippen LogP contribution in [0.5, 0.6) is 23.0 Å². The molecule has 8 aliphatic heterocycles. The smallest absolute Gasteiger partial charge is 0.494 e. The molecule has 14 bridgehead atoms. The Kier molecular flexibility index (Phi) is 21.3. The van der Waals surface area contributed by atoms with Crippen molar-refractivity contribution in [2.45, 2.75) is 242 Å². The van der Waals surface area contributed by atoms with E-state index < -0.39 is 14.2 Å². The summed E-state index contributed by atoms with van der Waals surface area (Å²) in [4.78, 5) is 0. The molecule has 4 saturated heterocycles. The average molecular weight is 1070 g/mol. The minimum Gasteiger partial charge on any atom is -0.494 e. The van der Waals surface area contributed by atoms with Crippen LogP contribution in [0, 0.1) is 13.8 Å². The van der Waals surface area contributed by atoms with Crippen LogP contribution in [-0.2, 0) is 28.1 Å². The summed E-state index contributed by atoms with van der Waals surface area (Å²) in [7, 11) is -1.30. The zero-order valence-corrected chi connectivity index (χ0v) is 47.7. The maximum Gasteiger partial charge on any atom is 0.502 e. The van der Waals surface area contributed by atoms with Gasteiger partial charge in [0.05, 0.1) is 37.4 Å². The average Bonchev–Trinajstić information content (AvgIpc) is 3.50. The molecule has 3 aromatic rings. The highest BCUT2D eigenvalue weighted by Crippen LogP contribution is 2.64. The van der Waals surface area contributed by atoms with Crippen LogP contribution in [-0.4, -0.2) is 65.1 Å². The normalized spacial score (nSPS) is 26.0. The van der Waals surface area contributed by atoms with Crippen molar-refractivity contribution in [1.82, 2.24) is 0 Å². The Balaban J connectivity index is 0.865. The second-order valence-electron chi connectivity index (χ2n) is 23.3. The molecule has 422 valence electrons. The fraction of sp³-hybridized carbons (Fsp3) is 0.636. The quantitative estimate of drug-likeness (QED) is 0.0619. The predicted molar refractivity (Wildman–Crippen MR) is 313 cm³/mol. The van der Waals surface area contributed by atoms with Crippen molar-refractivity contribution < 1.29 is 47.0 Å². The Morgan fingerprint density at radius 3 is 1.18 bits per heavy atom. The van der Waals surface area contributed by atoms with Crippen molar-refractivity contribution in [3.63, 3.8) is 0 Å². The third-order valence-electron chi connectivity index (χ3n) is 17.7. The van der Waals surface area contributed by atoms with Gasteiger partial charge in [-0.05, 0) is 149 Å². The molecule has 78 heavy (non-hydrogen) atoms. The third-order valence-corrected chi connectivity index (χ3v) is 17.7. The van der Waals surface area contributed by atoms with Gasteiger partial charge in [-0.3, -0.25) is 0 Å². The van der Waals surface area contributed by atoms with Crippen LogP contribution in [0.3, 0.4) is 0 Å². The number of hydrogen-bond acceptors (Lipinski definition) is 10. The van der Waals surface area contributed by atoms with E-state index in [1.165, 1.54) is 149 Å². The van der Waals surface area contributed by atoms with Gasteiger partial charge in [0.2, 0.25) is 0 Å². The molecule has 0 saturated carbocycles. The molecular formula is C66H92B2O10. The molecule has 10 nitrogen and oxygen atoms in total. The summed E-state index contributed by atoms with van der Waals surface area (Å²) < 4.78 is 68.7. The fourth-order valence-electron chi connectivity index (χ4n) is 13.6. The van der Waals surface area contributed by atoms with E-state index in [-0.39, 0.29) is 48.8 Å². The Labute approximate surface area is 469 Å². The molecule has 0 unspecified atom stereocenters. The Morgan fingerprint density at radius 2 is 0.795 bits per heavy atom. The number of unbranched alkanes of at least 4 members (excludes halogenated alkanes) is 12. The van der Waals surface area contributed by atoms with Gasteiger partial charge in [0, 0.05) is 0 Å². The van der Waals surface area contributed by atoms with E-state index >= 15 is 0 Å². The number of benzene rings is 3. The lowest BCUT2D eigenvalue weighted by molar-refractivity contribution is 0.0168. The first-order valence-electron chi connectivity index (χ1n) is 31.3. The second kappa shape index (κ2) is 29.1. The highest BCUT2D eigenvalue weighted by Gasteiger charge is 2.65. The minimum atomic E-state index is -0.649. The van der Waals surface area contributed by atoms with Gasteiger partial charge in [-0.15, -0.1) is 13.2 Å². The molecule has 3 aromatic carbocycles. The Morgan fingerprint density at radius 1 is 0.449 bits per heavy atom. The second-order valence-corrected chi connectivity index (χ2v) is 23.3. The van der Waals surface area contributed by atoms with E-state index in [9.17, 15) is 0 Å². The van der Waals surface area contributed by atoms with Crippen LogP contribution in [0.25, 0.3) is 0 Å². The van der Waals surface area contributed by atoms with Gasteiger partial charge in [-0.25, -0.2) is 0 Å². The van der Waals surface area contributed by atoms with E-state index in [0.717, 1.165) is 98.1 Å². The van der Waals surface area contributed by atoms with Gasteiger partial charge in [-0.1, -0.05) is 139 Å². The molecular weight excluding hydrogens is 974 g/mol. The number of fused-ring (bicyclic) bond motifs is 18. The number of ether oxygens (including phenoxy) is 6. The third kappa shape index (κ3) is 13.3. The molecule has 0 aromatic heterocycles. The van der Waals surface area contributed by atoms with E-state index in [4.69, 9.17) is 47.0 Å². The summed E-state index contributed by atoms with van der Waals surface area (Å²) >= 11 is 0. The van der Waals surface area contributed by atoms with Crippen LogP contribution < -0.4 is 29.9 Å². The zero-order chi connectivity index (χ0) is 53.5. The van der Waals surface area contributed by atoms with Gasteiger partial charge in [0.15, 0.2) is 0 Å².